The number of fused-ring (bicyclic) bond motifs is 31. The largest absolute Gasteiger partial charge is 1.00 e. The Hall–Kier alpha value is 8.06. The summed E-state index contributed by atoms with van der Waals surface area (Å²) in [7, 11) is 1.91. The van der Waals surface area contributed by atoms with Crippen molar-refractivity contribution in [2.24, 2.45) is 219 Å². The molecule has 20 nitrogen and oxygen atoms in total. The topological polar surface area (TPSA) is 431 Å². The van der Waals surface area contributed by atoms with Crippen molar-refractivity contribution in [3.8, 4) is 12.1 Å². The number of ether oxygens (including phenoxy) is 2. The fraction of sp³-hybridized carbons (Fsp3) is 0.908. The SMILES string of the molecule is [CH2-][C@]12CC[C@@H](O)C[C@@H]1CC[C@@H]1[C@@H]2CC[C@@]2(C)[C@H]1CC[C@@]21CO1.[CH2-][C@]12CC[C@@H](O)C[C@@H]1CC[C@@H]1[C@@H]2CC[C@]2(C)C(C#N)=CC[C@@H]12.[CH2-][C@]12CC[C@@H](O)C[C@@H]1CC[C@@H]1[C@@H]2CC[C@]2(C)C(C(C)=O)CC[C@@H]12.[CH2-][C@]12CC[C@@H](O)C[C@@H]1CC[C@@H]1[C@@H]2CC[C@]2(C)[C@@H](C#N)CC[C@@H]12.[CH2-][C@]12CC[C@@H](O)C[C@@H]1CC[C@@H]1[C@@H]2CC[C@]2(C)[C@@H](OC)CC[C@@H]12.[CH2-][C@]12CC[C@@H](O)C[C@@H]1CC[C@@H]1[C@@H]2CC[C@]2(C)[C@@H]([N+](=O)[O-])CC[C@@H]12.[OH-].[OH-].[OH-].[OH-].[OH-].[OH-].[Rb+].[Rb+].[Rb+].[Rb+].[Rb+].[Rb+]. The molecule has 26 heteroatoms. The zero-order valence-corrected chi connectivity index (χ0v) is 123. The van der Waals surface area contributed by atoms with Crippen molar-refractivity contribution in [2.45, 2.75) is 443 Å². The van der Waals surface area contributed by atoms with Crippen LogP contribution in [0.1, 0.15) is 389 Å². The van der Waals surface area contributed by atoms with E-state index < -0.39 is 0 Å². The Morgan fingerprint density at radius 3 is 1.01 bits per heavy atom. The molecule has 0 radical (unpaired) electrons. The van der Waals surface area contributed by atoms with Crippen LogP contribution in [0.5, 0.6) is 0 Å². The predicted molar refractivity (Wildman–Crippen MR) is 539 cm³/mol. The minimum atomic E-state index is -0.333. The molecule has 0 bridgehead atoms. The summed E-state index contributed by atoms with van der Waals surface area (Å²) in [6, 6.07) is 4.77. The number of ketones is 1. The van der Waals surface area contributed by atoms with Gasteiger partial charge < -0.3 is 115 Å². The van der Waals surface area contributed by atoms with Crippen molar-refractivity contribution in [3.05, 3.63) is 63.3 Å². The number of nitriles is 2. The number of methoxy groups -OCH3 is 1. The van der Waals surface area contributed by atoms with Crippen LogP contribution in [0.2, 0.25) is 0 Å². The summed E-state index contributed by atoms with van der Waals surface area (Å²) in [5, 5.41) is 90.9. The zero-order chi connectivity index (χ0) is 94.6. The summed E-state index contributed by atoms with van der Waals surface area (Å²) in [4.78, 5) is 23.7. The third kappa shape index (κ3) is 24.1. The van der Waals surface area contributed by atoms with Crippen LogP contribution in [-0.2, 0) is 14.3 Å². The maximum absolute atomic E-state index is 12.2. The van der Waals surface area contributed by atoms with Gasteiger partial charge in [-0.05, 0) is 312 Å². The number of aliphatic hydroxyl groups excluding tert-OH is 6. The second-order valence-corrected chi connectivity index (χ2v) is 55.4. The predicted octanol–water partition coefficient (Wildman–Crippen LogP) is 6.02. The van der Waals surface area contributed by atoms with Gasteiger partial charge in [-0.1, -0.05) is 234 Å². The Labute approximate surface area is 1180 Å². The van der Waals surface area contributed by atoms with Gasteiger partial charge in [-0.3, -0.25) is 14.9 Å². The maximum atomic E-state index is 12.2. The number of rotatable bonds is 3. The molecule has 47 atom stereocenters. The monoisotopic (exact) mass is 2460 g/mol. The third-order valence-corrected chi connectivity index (χ3v) is 51.6. The van der Waals surface area contributed by atoms with Gasteiger partial charge in [0.25, 0.3) is 0 Å². The summed E-state index contributed by atoms with van der Waals surface area (Å²) >= 11 is 0. The van der Waals surface area contributed by atoms with Crippen LogP contribution in [0.4, 0.5) is 0 Å². The van der Waals surface area contributed by atoms with Crippen LogP contribution in [0, 0.1) is 293 Å². The van der Waals surface area contributed by atoms with E-state index >= 15 is 0 Å². The van der Waals surface area contributed by atoms with Crippen molar-refractivity contribution in [3.63, 3.8) is 0 Å². The standard InChI is InChI=1S/C21H33O2.C20H30NO.C20H28NO.C20H31O2.C20H33O2.C19H30NO3.6H2O.6Rb/c1-13(22)17-6-7-18-16-5-4-14-12-15(23)8-10-20(14,2)19(16)9-11-21(17,18)3;2*1-19-9-7-15(22)11-13(19)3-5-16-17-6-4-14(12-21)20(17,2)10-8-18(16)19;1-18-8-5-14(21)11-13(18)3-4-15-16(18)6-9-19(2)17(15)7-10-20(19)12-22-20;1-19-10-8-14(21)12-13(19)4-5-15-16-6-7-18(22-3)20(16,2)11-9-17(15)19;1-18-9-7-13(21)11-12(18)3-4-14-15-5-6-17(20(22)23)19(15,2)10-8-16(14)18;;;;;;;;;;;;/h14-19,23H,2,4-12H2,1,3H3;13-18,22H,1,3-11H2,2H3;4,13,15-18,22H,1,3,5-11H2,2H3;13-17,21H,1,3-12H2,2H3;13-18,21H,1,4-12H2,2-3H3;12-17,21H,1,3-11H2,2H3;6*1H2;;;;;;/q6*-1;;;;;;;6*+1/p-6/t14-,15+,16-,17?,18-,19-,20-,21+;13-,14+,15+,16-,17-,18-,19-,20+;13-,15+,16-,17-,18-,19-,20+;13-,14+,15+,16-,17-,18-,19-,20+;13-,14+,15-,16-,17-,18-,19-,20-;12-,13+,14-,15-,16-,17-,18-,19-;;;;;;;;;;;;/m000000............/s1. The number of nitro groups is 1. The van der Waals surface area contributed by atoms with E-state index in [4.69, 9.17) is 51.0 Å². The molecule has 0 aromatic heterocycles. The molecule has 1 spiro atoms. The summed E-state index contributed by atoms with van der Waals surface area (Å²) < 4.78 is 11.9. The van der Waals surface area contributed by atoms with Crippen LogP contribution in [0.25, 0.3) is 0 Å². The molecule has 24 fully saturated rings. The minimum absolute atomic E-state index is 0. The van der Waals surface area contributed by atoms with Crippen molar-refractivity contribution in [1.82, 2.24) is 0 Å². The van der Waals surface area contributed by atoms with Gasteiger partial charge in [0.15, 0.2) is 0 Å². The molecule has 25 aliphatic rings. The minimum Gasteiger partial charge on any atom is -0.870 e. The molecule has 146 heavy (non-hydrogen) atoms. The number of carbonyl (C=O) groups excluding carboxylic acids is 1. The molecule has 1 heterocycles. The Morgan fingerprint density at radius 2 is 0.658 bits per heavy atom. The van der Waals surface area contributed by atoms with Gasteiger partial charge in [0.2, 0.25) is 6.04 Å². The van der Waals surface area contributed by atoms with Crippen LogP contribution in [-0.4, -0.2) is 142 Å². The van der Waals surface area contributed by atoms with E-state index in [9.17, 15) is 56.1 Å². The molecule has 1 aliphatic heterocycles. The normalized spacial score (nSPS) is 52.5. The van der Waals surface area contributed by atoms with Crippen LogP contribution in [0.15, 0.2) is 11.6 Å². The van der Waals surface area contributed by atoms with Crippen LogP contribution < -0.4 is 349 Å². The maximum Gasteiger partial charge on any atom is 1.00 e. The summed E-state index contributed by atoms with van der Waals surface area (Å²) in [6.45, 7) is 45.9. The van der Waals surface area contributed by atoms with E-state index in [0.29, 0.717) is 93.7 Å². The van der Waals surface area contributed by atoms with Crippen molar-refractivity contribution in [2.75, 3.05) is 13.7 Å². The molecule has 0 amide bonds. The molecule has 23 saturated carbocycles. The number of hydrogen-bond acceptors (Lipinski definition) is 19. The second kappa shape index (κ2) is 54.0. The van der Waals surface area contributed by atoms with E-state index in [1.165, 1.54) is 167 Å². The van der Waals surface area contributed by atoms with Gasteiger partial charge in [-0.15, -0.1) is 0 Å². The molecular formula is C120H191N3O17Rb6-6. The fourth-order valence-electron chi connectivity index (χ4n) is 44.0. The molecule has 12 N–H and O–H groups in total. The van der Waals surface area contributed by atoms with E-state index in [2.05, 4.69) is 59.8 Å². The first-order valence-electron chi connectivity index (χ1n) is 57.2. The van der Waals surface area contributed by atoms with Gasteiger partial charge in [0.05, 0.1) is 73.0 Å². The molecule has 0 aromatic rings. The number of carbonyl (C=O) groups is 1. The van der Waals surface area contributed by atoms with Gasteiger partial charge in [-0.25, -0.2) is 0 Å². The average Bonchev–Trinajstić information content (AvgIpc) is 1.52. The second-order valence-electron chi connectivity index (χ2n) is 55.4. The number of Topliss-reactive ketones (excluding diaryl/α,β-unsaturated/α-hetero) is 1. The van der Waals surface area contributed by atoms with Gasteiger partial charge in [0, 0.05) is 46.2 Å². The van der Waals surface area contributed by atoms with E-state index in [-0.39, 0.29) is 495 Å². The zero-order valence-electron chi connectivity index (χ0n) is 93.9. The van der Waals surface area contributed by atoms with Gasteiger partial charge in [-0.2, -0.15) is 43.0 Å². The molecular weight excluding hydrogens is 2270 g/mol. The van der Waals surface area contributed by atoms with Gasteiger partial charge >= 0.3 is 349 Å². The number of nitrogens with zero attached hydrogens (tertiary/aromatic N) is 3. The molecule has 0 aromatic carbocycles. The molecule has 24 aliphatic carbocycles. The first-order chi connectivity index (χ1) is 63.7. The molecule has 1 unspecified atom stereocenters. The Morgan fingerprint density at radius 1 is 0.363 bits per heavy atom. The van der Waals surface area contributed by atoms with E-state index in [1.807, 2.05) is 14.0 Å². The number of allylic oxidation sites excluding steroid dienone is 2. The van der Waals surface area contributed by atoms with E-state index in [1.54, 1.807) is 0 Å². The van der Waals surface area contributed by atoms with Crippen molar-refractivity contribution < 1.29 is 432 Å². The molecule has 800 valence electrons. The summed E-state index contributed by atoms with van der Waals surface area (Å²) in [6.07, 6.45) is 63.6. The van der Waals surface area contributed by atoms with Crippen LogP contribution >= 0.6 is 0 Å². The molecule has 25 rings (SSSR count). The quantitative estimate of drug-likeness (QED) is 0.0813. The molecule has 1 saturated heterocycles. The third-order valence-electron chi connectivity index (χ3n) is 51.6. The first kappa shape index (κ1) is 139. The van der Waals surface area contributed by atoms with Crippen molar-refractivity contribution >= 4 is 5.78 Å². The van der Waals surface area contributed by atoms with E-state index in [0.717, 1.165) is 262 Å². The Bertz CT molecular complexity index is 4280. The summed E-state index contributed by atoms with van der Waals surface area (Å²) in [5.41, 5.74) is 4.01. The number of epoxide rings is 1. The smallest absolute Gasteiger partial charge is 0.870 e. The van der Waals surface area contributed by atoms with Crippen LogP contribution in [0.3, 0.4) is 0 Å². The number of aliphatic hydroxyl groups is 6. The Balaban J connectivity index is 0.000000210. The Kier molecular flexibility index (Phi) is 51.4. The van der Waals surface area contributed by atoms with Crippen molar-refractivity contribution in [1.29, 1.82) is 10.5 Å². The number of hydrogen-bond donors (Lipinski definition) is 6. The fourth-order valence-corrected chi connectivity index (χ4v) is 44.0. The summed E-state index contributed by atoms with van der Waals surface area (Å²) in [5.74, 6) is 18.3. The van der Waals surface area contributed by atoms with Gasteiger partial charge in [0.1, 0.15) is 5.78 Å². The first-order valence-corrected chi connectivity index (χ1v) is 57.2. The average molecular weight is 2460 g/mol.